The summed E-state index contributed by atoms with van der Waals surface area (Å²) in [6.07, 6.45) is -2.18. The predicted octanol–water partition coefficient (Wildman–Crippen LogP) is 5.13. The van der Waals surface area contributed by atoms with E-state index in [1.807, 2.05) is 6.07 Å². The van der Waals surface area contributed by atoms with Crippen LogP contribution >= 0.6 is 0 Å². The number of aromatic nitrogens is 4. The van der Waals surface area contributed by atoms with Crippen molar-refractivity contribution in [3.8, 4) is 16.8 Å². The summed E-state index contributed by atoms with van der Waals surface area (Å²) >= 11 is 0. The third kappa shape index (κ3) is 4.07. The lowest BCUT2D eigenvalue weighted by molar-refractivity contribution is -0.137. The monoisotopic (exact) mass is 479 g/mol. The summed E-state index contributed by atoms with van der Waals surface area (Å²) in [6.45, 7) is 0. The first-order valence-corrected chi connectivity index (χ1v) is 10.3. The highest BCUT2D eigenvalue weighted by molar-refractivity contribution is 6.04. The zero-order valence-electron chi connectivity index (χ0n) is 18.1. The minimum atomic E-state index is -4.55. The van der Waals surface area contributed by atoms with Gasteiger partial charge >= 0.3 is 18.0 Å². The molecule has 2 aromatic carbocycles. The minimum absolute atomic E-state index is 0.0777. The van der Waals surface area contributed by atoms with Crippen LogP contribution in [0.25, 0.3) is 38.8 Å². The molecule has 35 heavy (non-hydrogen) atoms. The number of rotatable bonds is 3. The van der Waals surface area contributed by atoms with E-state index >= 15 is 0 Å². The largest absolute Gasteiger partial charge is 0.453 e. The van der Waals surface area contributed by atoms with Crippen molar-refractivity contribution >= 4 is 33.8 Å². The minimum Gasteiger partial charge on any atom is -0.453 e. The van der Waals surface area contributed by atoms with E-state index < -0.39 is 23.5 Å². The zero-order chi connectivity index (χ0) is 24.7. The molecule has 0 fully saturated rings. The number of fused-ring (bicyclic) bond motifs is 3. The maximum Gasteiger partial charge on any atom is 0.416 e. The van der Waals surface area contributed by atoms with Crippen LogP contribution in [0.3, 0.4) is 0 Å². The molecule has 0 bridgehead atoms. The fourth-order valence-corrected chi connectivity index (χ4v) is 3.83. The number of nitrogens with one attached hydrogen (secondary N) is 2. The molecule has 0 aliphatic rings. The Kier molecular flexibility index (Phi) is 5.24. The Morgan fingerprint density at radius 3 is 2.54 bits per heavy atom. The molecule has 1 amide bonds. The third-order valence-corrected chi connectivity index (χ3v) is 5.45. The quantitative estimate of drug-likeness (QED) is 0.374. The molecule has 0 radical (unpaired) electrons. The van der Waals surface area contributed by atoms with Crippen molar-refractivity contribution in [2.24, 2.45) is 0 Å². The SMILES string of the molecule is COC(=O)Nc1ccc(-c2ccc3ncc4[nH]c(=O)n(-c5cccc(C(F)(F)F)c5)c4c3c2)cn1. The number of amides is 1. The van der Waals surface area contributed by atoms with E-state index in [2.05, 4.69) is 25.0 Å². The average Bonchev–Trinajstić information content (AvgIpc) is 3.20. The van der Waals surface area contributed by atoms with Gasteiger partial charge in [-0.1, -0.05) is 12.1 Å². The van der Waals surface area contributed by atoms with Crippen LogP contribution in [0.4, 0.5) is 23.8 Å². The summed E-state index contributed by atoms with van der Waals surface area (Å²) in [4.78, 5) is 35.4. The number of aromatic amines is 1. The number of imidazole rings is 1. The fraction of sp³-hybridized carbons (Fsp3) is 0.0833. The van der Waals surface area contributed by atoms with Crippen molar-refractivity contribution in [3.63, 3.8) is 0 Å². The van der Waals surface area contributed by atoms with Crippen LogP contribution in [0, 0.1) is 0 Å². The summed E-state index contributed by atoms with van der Waals surface area (Å²) in [7, 11) is 1.24. The molecule has 3 aromatic heterocycles. The van der Waals surface area contributed by atoms with E-state index in [0.29, 0.717) is 33.3 Å². The summed E-state index contributed by atoms with van der Waals surface area (Å²) < 4.78 is 45.6. The summed E-state index contributed by atoms with van der Waals surface area (Å²) in [5.41, 5.74) is 1.41. The maximum atomic E-state index is 13.3. The molecular formula is C24H16F3N5O3. The van der Waals surface area contributed by atoms with E-state index in [1.54, 1.807) is 30.5 Å². The van der Waals surface area contributed by atoms with Crippen LogP contribution < -0.4 is 11.0 Å². The van der Waals surface area contributed by atoms with Gasteiger partial charge in [0.2, 0.25) is 0 Å². The number of anilines is 1. The molecular weight excluding hydrogens is 463 g/mol. The molecule has 0 saturated heterocycles. The molecule has 5 rings (SSSR count). The highest BCUT2D eigenvalue weighted by atomic mass is 19.4. The van der Waals surface area contributed by atoms with Crippen LogP contribution in [-0.2, 0) is 10.9 Å². The maximum absolute atomic E-state index is 13.3. The van der Waals surface area contributed by atoms with E-state index in [4.69, 9.17) is 0 Å². The first-order chi connectivity index (χ1) is 16.7. The van der Waals surface area contributed by atoms with Crippen molar-refractivity contribution in [3.05, 3.63) is 83.0 Å². The Morgan fingerprint density at radius 2 is 1.83 bits per heavy atom. The van der Waals surface area contributed by atoms with Gasteiger partial charge in [-0.15, -0.1) is 0 Å². The van der Waals surface area contributed by atoms with Gasteiger partial charge in [0.25, 0.3) is 0 Å². The van der Waals surface area contributed by atoms with Crippen LogP contribution in [0.15, 0.2) is 71.8 Å². The standard InChI is InChI=1S/C24H16F3N5O3/c1-35-23(34)31-20-8-6-14(11-29-20)13-5-7-18-17(9-13)21-19(12-28-18)30-22(33)32(21)16-4-2-3-15(10-16)24(25,26)27/h2-12H,1H3,(H,30,33)(H,29,31,34). The van der Waals surface area contributed by atoms with Gasteiger partial charge in [-0.3, -0.25) is 14.9 Å². The number of pyridine rings is 2. The number of methoxy groups -OCH3 is 1. The number of hydrogen-bond donors (Lipinski definition) is 2. The van der Waals surface area contributed by atoms with Gasteiger partial charge in [0.15, 0.2) is 0 Å². The number of nitrogens with zero attached hydrogens (tertiary/aromatic N) is 3. The molecule has 0 spiro atoms. The molecule has 8 nitrogen and oxygen atoms in total. The molecule has 0 saturated carbocycles. The molecule has 0 unspecified atom stereocenters. The van der Waals surface area contributed by atoms with E-state index in [1.165, 1.54) is 30.0 Å². The molecule has 11 heteroatoms. The van der Waals surface area contributed by atoms with Gasteiger partial charge in [-0.05, 0) is 48.0 Å². The van der Waals surface area contributed by atoms with Gasteiger partial charge in [-0.2, -0.15) is 13.2 Å². The Bertz CT molecular complexity index is 1640. The van der Waals surface area contributed by atoms with Crippen LogP contribution in [0.2, 0.25) is 0 Å². The van der Waals surface area contributed by atoms with Crippen LogP contribution in [-0.4, -0.2) is 32.7 Å². The normalized spacial score (nSPS) is 11.7. The van der Waals surface area contributed by atoms with Crippen LogP contribution in [0.1, 0.15) is 5.56 Å². The fourth-order valence-electron chi connectivity index (χ4n) is 3.83. The predicted molar refractivity (Wildman–Crippen MR) is 123 cm³/mol. The van der Waals surface area contributed by atoms with Crippen molar-refractivity contribution in [1.29, 1.82) is 0 Å². The lowest BCUT2D eigenvalue weighted by Crippen LogP contribution is -2.15. The van der Waals surface area contributed by atoms with Gasteiger partial charge in [0.05, 0.1) is 41.1 Å². The van der Waals surface area contributed by atoms with Crippen molar-refractivity contribution in [1.82, 2.24) is 19.5 Å². The Labute approximate surface area is 195 Å². The Hall–Kier alpha value is -4.67. The number of carbonyl (C=O) groups excluding carboxylic acids is 1. The first-order valence-electron chi connectivity index (χ1n) is 10.3. The second-order valence-corrected chi connectivity index (χ2v) is 7.61. The summed E-state index contributed by atoms with van der Waals surface area (Å²) in [5.74, 6) is 0.300. The summed E-state index contributed by atoms with van der Waals surface area (Å²) in [6, 6.07) is 13.3. The second-order valence-electron chi connectivity index (χ2n) is 7.61. The number of H-pyrrole nitrogens is 1. The number of halogens is 3. The topological polar surface area (TPSA) is 102 Å². The van der Waals surface area contributed by atoms with Crippen molar-refractivity contribution < 1.29 is 22.7 Å². The van der Waals surface area contributed by atoms with Gasteiger partial charge in [0, 0.05) is 17.1 Å². The van der Waals surface area contributed by atoms with E-state index in [0.717, 1.165) is 17.7 Å². The molecule has 176 valence electrons. The Morgan fingerprint density at radius 1 is 1.03 bits per heavy atom. The van der Waals surface area contributed by atoms with Crippen molar-refractivity contribution in [2.75, 3.05) is 12.4 Å². The molecule has 0 aliphatic carbocycles. The number of carbonyl (C=O) groups is 1. The number of benzene rings is 2. The second kappa shape index (κ2) is 8.28. The zero-order valence-corrected chi connectivity index (χ0v) is 18.1. The van der Waals surface area contributed by atoms with Gasteiger partial charge in [-0.25, -0.2) is 14.6 Å². The van der Waals surface area contributed by atoms with Gasteiger partial charge in [0.1, 0.15) is 5.82 Å². The smallest absolute Gasteiger partial charge is 0.416 e. The number of alkyl halides is 3. The molecule has 0 aliphatic heterocycles. The molecule has 0 atom stereocenters. The van der Waals surface area contributed by atoms with E-state index in [-0.39, 0.29) is 5.69 Å². The van der Waals surface area contributed by atoms with Crippen LogP contribution in [0.5, 0.6) is 0 Å². The number of ether oxygens (including phenoxy) is 1. The van der Waals surface area contributed by atoms with Crippen molar-refractivity contribution in [2.45, 2.75) is 6.18 Å². The molecule has 5 aromatic rings. The number of hydrogen-bond acceptors (Lipinski definition) is 5. The highest BCUT2D eigenvalue weighted by Crippen LogP contribution is 2.32. The first kappa shape index (κ1) is 22.1. The average molecular weight is 479 g/mol. The Balaban J connectivity index is 1.67. The lowest BCUT2D eigenvalue weighted by atomic mass is 10.0. The lowest BCUT2D eigenvalue weighted by Gasteiger charge is -2.11. The molecule has 3 heterocycles. The third-order valence-electron chi connectivity index (χ3n) is 5.45. The van der Waals surface area contributed by atoms with E-state index in [9.17, 15) is 22.8 Å². The van der Waals surface area contributed by atoms with Gasteiger partial charge < -0.3 is 9.72 Å². The highest BCUT2D eigenvalue weighted by Gasteiger charge is 2.30. The summed E-state index contributed by atoms with van der Waals surface area (Å²) in [5, 5.41) is 3.03. The molecule has 2 N–H and O–H groups in total.